The van der Waals surface area contributed by atoms with Gasteiger partial charge in [-0.1, -0.05) is 33.7 Å². The molecule has 0 heterocycles. The molecule has 34 heavy (non-hydrogen) atoms. The van der Waals surface area contributed by atoms with E-state index in [2.05, 4.69) is 0 Å². The van der Waals surface area contributed by atoms with E-state index < -0.39 is 23.3 Å². The Bertz CT molecular complexity index is 742. The van der Waals surface area contributed by atoms with Crippen molar-refractivity contribution in [3.05, 3.63) is 29.8 Å². The molecule has 1 aromatic rings. The van der Waals surface area contributed by atoms with Crippen molar-refractivity contribution in [2.45, 2.75) is 37.7 Å². The molecule has 1 aromatic carbocycles. The number of carbonyl (C=O) groups is 3. The molecule has 1 rings (SSSR count). The van der Waals surface area contributed by atoms with Crippen molar-refractivity contribution in [2.24, 2.45) is 5.41 Å². The van der Waals surface area contributed by atoms with Crippen LogP contribution in [-0.2, 0) is 44.7 Å². The average molecular weight is 519 g/mol. The molecule has 0 bridgehead atoms. The van der Waals surface area contributed by atoms with Gasteiger partial charge in [0.15, 0.2) is 0 Å². The minimum Gasteiger partial charge on any atom is -0.481 e. The van der Waals surface area contributed by atoms with Gasteiger partial charge in [0.25, 0.3) is 0 Å². The Morgan fingerprint density at radius 2 is 1.62 bits per heavy atom. The maximum Gasteiger partial charge on any atom is 0.317 e. The summed E-state index contributed by atoms with van der Waals surface area (Å²) < 4.78 is 26.4. The van der Waals surface area contributed by atoms with Crippen LogP contribution in [0.3, 0.4) is 0 Å². The first-order valence-electron chi connectivity index (χ1n) is 10.8. The first kappa shape index (κ1) is 30.2. The highest BCUT2D eigenvalue weighted by molar-refractivity contribution is 8.76. The first-order valence-corrected chi connectivity index (χ1v) is 13.1. The molecule has 0 saturated heterocycles. The van der Waals surface area contributed by atoms with Gasteiger partial charge in [0.1, 0.15) is 24.4 Å². The number of carbonyl (C=O) groups excluding carboxylic acids is 2. The summed E-state index contributed by atoms with van der Waals surface area (Å²) in [5, 5.41) is 8.70. The number of ether oxygens (including phenoxy) is 5. The summed E-state index contributed by atoms with van der Waals surface area (Å²) in [7, 11) is 5.75. The number of carboxylic acid groups (broad SMARTS) is 1. The third-order valence-corrected chi connectivity index (χ3v) is 6.69. The van der Waals surface area contributed by atoms with Gasteiger partial charge in [-0.05, 0) is 37.5 Å². The van der Waals surface area contributed by atoms with Crippen molar-refractivity contribution in [1.29, 1.82) is 0 Å². The number of aliphatic carboxylic acids is 1. The summed E-state index contributed by atoms with van der Waals surface area (Å²) in [6, 6.07) is 7.29. The summed E-state index contributed by atoms with van der Waals surface area (Å²) >= 11 is 0. The van der Waals surface area contributed by atoms with Crippen LogP contribution in [0.15, 0.2) is 29.2 Å². The van der Waals surface area contributed by atoms with Crippen LogP contribution in [0.4, 0.5) is 0 Å². The second-order valence-corrected chi connectivity index (χ2v) is 10.0. The van der Waals surface area contributed by atoms with Gasteiger partial charge in [-0.2, -0.15) is 0 Å². The molecule has 1 unspecified atom stereocenters. The quantitative estimate of drug-likeness (QED) is 0.164. The van der Waals surface area contributed by atoms with E-state index in [0.717, 1.165) is 10.5 Å². The summed E-state index contributed by atoms with van der Waals surface area (Å²) in [5.74, 6) is -1.80. The zero-order valence-electron chi connectivity index (χ0n) is 19.9. The number of hydrogen-bond acceptors (Lipinski definition) is 10. The number of benzene rings is 1. The number of rotatable bonds is 19. The normalized spacial score (nSPS) is 12.7. The molecule has 0 radical (unpaired) electrons. The standard InChI is InChI=1S/C23H34O9S2/c1-23(16-30-13-5-12-29-3,17-32-21(26)6-4-11-28-2)22(27)31-14-18-7-9-19(10-8-18)34-33-15-20(24)25/h7-10H,4-6,11-17H2,1-3H3,(H,24,25). The van der Waals surface area contributed by atoms with E-state index in [-0.39, 0.29) is 32.0 Å². The van der Waals surface area contributed by atoms with Crippen molar-refractivity contribution in [1.82, 2.24) is 0 Å². The van der Waals surface area contributed by atoms with E-state index in [0.29, 0.717) is 32.7 Å². The van der Waals surface area contributed by atoms with Gasteiger partial charge in [0, 0.05) is 45.4 Å². The first-order chi connectivity index (χ1) is 16.3. The van der Waals surface area contributed by atoms with E-state index in [4.69, 9.17) is 28.8 Å². The Kier molecular flexibility index (Phi) is 15.7. The molecular formula is C23H34O9S2. The number of hydrogen-bond donors (Lipinski definition) is 1. The minimum absolute atomic E-state index is 0.00705. The molecule has 0 amide bonds. The molecule has 192 valence electrons. The Labute approximate surface area is 208 Å². The highest BCUT2D eigenvalue weighted by Gasteiger charge is 2.37. The van der Waals surface area contributed by atoms with Crippen LogP contribution < -0.4 is 0 Å². The molecular weight excluding hydrogens is 484 g/mol. The molecule has 9 nitrogen and oxygen atoms in total. The molecule has 11 heteroatoms. The molecule has 0 aliphatic heterocycles. The highest BCUT2D eigenvalue weighted by atomic mass is 33.1. The van der Waals surface area contributed by atoms with Crippen molar-refractivity contribution >= 4 is 39.5 Å². The Hall–Kier alpha value is -1.79. The summed E-state index contributed by atoms with van der Waals surface area (Å²) in [5.41, 5.74) is -0.381. The number of esters is 2. The lowest BCUT2D eigenvalue weighted by Crippen LogP contribution is -2.40. The van der Waals surface area contributed by atoms with Gasteiger partial charge < -0.3 is 28.8 Å². The van der Waals surface area contributed by atoms with Crippen LogP contribution in [-0.4, -0.2) is 76.0 Å². The second kappa shape index (κ2) is 17.6. The molecule has 0 aliphatic rings. The Balaban J connectivity index is 2.63. The minimum atomic E-state index is -1.16. The monoisotopic (exact) mass is 518 g/mol. The van der Waals surface area contributed by atoms with Gasteiger partial charge in [-0.25, -0.2) is 0 Å². The molecule has 0 fully saturated rings. The van der Waals surface area contributed by atoms with Crippen LogP contribution in [0.25, 0.3) is 0 Å². The number of carboxylic acids is 1. The van der Waals surface area contributed by atoms with E-state index >= 15 is 0 Å². The fourth-order valence-corrected chi connectivity index (χ4v) is 4.31. The maximum absolute atomic E-state index is 12.9. The van der Waals surface area contributed by atoms with Crippen molar-refractivity contribution < 1.29 is 43.2 Å². The lowest BCUT2D eigenvalue weighted by atomic mass is 9.93. The predicted molar refractivity (Wildman–Crippen MR) is 130 cm³/mol. The maximum atomic E-state index is 12.9. The van der Waals surface area contributed by atoms with Gasteiger partial charge in [-0.3, -0.25) is 14.4 Å². The van der Waals surface area contributed by atoms with Gasteiger partial charge >= 0.3 is 17.9 Å². The van der Waals surface area contributed by atoms with Crippen molar-refractivity contribution in [3.8, 4) is 0 Å². The summed E-state index contributed by atoms with van der Waals surface area (Å²) in [4.78, 5) is 36.4. The van der Waals surface area contributed by atoms with Gasteiger partial charge in [-0.15, -0.1) is 0 Å². The summed E-state index contributed by atoms with van der Waals surface area (Å²) in [6.45, 7) is 2.97. The van der Waals surface area contributed by atoms with E-state index in [1.165, 1.54) is 21.6 Å². The van der Waals surface area contributed by atoms with Crippen molar-refractivity contribution in [3.63, 3.8) is 0 Å². The van der Waals surface area contributed by atoms with Gasteiger partial charge in [0.2, 0.25) is 0 Å². The van der Waals surface area contributed by atoms with E-state index in [9.17, 15) is 14.4 Å². The van der Waals surface area contributed by atoms with Crippen LogP contribution in [0.2, 0.25) is 0 Å². The Morgan fingerprint density at radius 3 is 2.26 bits per heavy atom. The lowest BCUT2D eigenvalue weighted by molar-refractivity contribution is -0.168. The average Bonchev–Trinajstić information content (AvgIpc) is 2.82. The van der Waals surface area contributed by atoms with Gasteiger partial charge in [0.05, 0.1) is 6.61 Å². The van der Waals surface area contributed by atoms with Crippen LogP contribution in [0.1, 0.15) is 31.7 Å². The smallest absolute Gasteiger partial charge is 0.317 e. The zero-order chi connectivity index (χ0) is 25.2. The molecule has 0 aliphatic carbocycles. The number of methoxy groups -OCH3 is 2. The highest BCUT2D eigenvalue weighted by Crippen LogP contribution is 2.31. The van der Waals surface area contributed by atoms with E-state index in [1.807, 2.05) is 24.3 Å². The zero-order valence-corrected chi connectivity index (χ0v) is 21.5. The molecule has 0 saturated carbocycles. The SMILES string of the molecule is COCCCOCC(C)(COC(=O)CCCOC)C(=O)OCc1ccc(SSCC(=O)O)cc1. The molecule has 1 atom stereocenters. The largest absolute Gasteiger partial charge is 0.481 e. The molecule has 1 N–H and O–H groups in total. The fraction of sp³-hybridized carbons (Fsp3) is 0.609. The third-order valence-electron chi connectivity index (χ3n) is 4.46. The predicted octanol–water partition coefficient (Wildman–Crippen LogP) is 3.58. The molecule has 0 aromatic heterocycles. The lowest BCUT2D eigenvalue weighted by Gasteiger charge is -2.27. The van der Waals surface area contributed by atoms with Crippen LogP contribution in [0, 0.1) is 5.41 Å². The second-order valence-electron chi connectivity index (χ2n) is 7.68. The third kappa shape index (κ3) is 13.2. The van der Waals surface area contributed by atoms with Crippen LogP contribution in [0.5, 0.6) is 0 Å². The van der Waals surface area contributed by atoms with Crippen molar-refractivity contribution in [2.75, 3.05) is 53.0 Å². The molecule has 0 spiro atoms. The summed E-state index contributed by atoms with van der Waals surface area (Å²) in [6.07, 6.45) is 1.41. The van der Waals surface area contributed by atoms with Crippen LogP contribution >= 0.6 is 21.6 Å². The fourth-order valence-electron chi connectivity index (χ4n) is 2.55. The van der Waals surface area contributed by atoms with E-state index in [1.54, 1.807) is 21.1 Å². The topological polar surface area (TPSA) is 118 Å². The Morgan fingerprint density at radius 1 is 0.941 bits per heavy atom.